The maximum Gasteiger partial charge on any atom is 0.419 e. The average Bonchev–Trinajstić information content (AvgIpc) is 2.08. The van der Waals surface area contributed by atoms with E-state index in [1.807, 2.05) is 0 Å². The number of nitrogen functional groups attached to an aromatic ring is 1. The maximum atomic E-state index is 12.0. The van der Waals surface area contributed by atoms with Gasteiger partial charge in [0.25, 0.3) is 0 Å². The first-order chi connectivity index (χ1) is 4.91. The molecule has 1 heterocycles. The predicted octanol–water partition coefficient (Wildman–Crippen LogP) is 3.11. The molecule has 62 valence electrons. The van der Waals surface area contributed by atoms with Crippen LogP contribution >= 0.6 is 27.3 Å². The van der Waals surface area contributed by atoms with Gasteiger partial charge in [-0.3, -0.25) is 0 Å². The second-order valence-electron chi connectivity index (χ2n) is 1.83. The molecule has 1 nitrogen and oxygen atoms in total. The van der Waals surface area contributed by atoms with Crippen LogP contribution in [0.3, 0.4) is 0 Å². The average molecular weight is 246 g/mol. The molecule has 1 rings (SSSR count). The zero-order valence-electron chi connectivity index (χ0n) is 5.07. The van der Waals surface area contributed by atoms with Gasteiger partial charge in [0.05, 0.1) is 14.4 Å². The van der Waals surface area contributed by atoms with Crippen molar-refractivity contribution in [3.63, 3.8) is 0 Å². The van der Waals surface area contributed by atoms with Gasteiger partial charge in [-0.05, 0) is 22.0 Å². The molecular weight excluding hydrogens is 243 g/mol. The van der Waals surface area contributed by atoms with Crippen molar-refractivity contribution >= 4 is 32.3 Å². The number of alkyl halides is 3. The Morgan fingerprint density at radius 1 is 1.45 bits per heavy atom. The first kappa shape index (κ1) is 8.86. The van der Waals surface area contributed by atoms with Gasteiger partial charge in [0.2, 0.25) is 0 Å². The Morgan fingerprint density at radius 3 is 2.18 bits per heavy atom. The molecule has 0 unspecified atom stereocenters. The van der Waals surface area contributed by atoms with Crippen molar-refractivity contribution < 1.29 is 13.2 Å². The summed E-state index contributed by atoms with van der Waals surface area (Å²) >= 11 is 3.78. The third-order valence-electron chi connectivity index (χ3n) is 1.04. The van der Waals surface area contributed by atoms with E-state index in [4.69, 9.17) is 5.73 Å². The minimum Gasteiger partial charge on any atom is -0.390 e. The molecule has 0 aliphatic rings. The molecule has 1 aromatic rings. The molecule has 2 N–H and O–H groups in total. The van der Waals surface area contributed by atoms with Crippen LogP contribution in [0.2, 0.25) is 0 Å². The fraction of sp³-hybridized carbons (Fsp3) is 0.200. The predicted molar refractivity (Wildman–Crippen MR) is 41.4 cm³/mol. The Hall–Kier alpha value is -0.230. The van der Waals surface area contributed by atoms with Gasteiger partial charge < -0.3 is 5.73 Å². The quantitative estimate of drug-likeness (QED) is 0.747. The fourth-order valence-corrected chi connectivity index (χ4v) is 2.02. The summed E-state index contributed by atoms with van der Waals surface area (Å²) in [4.78, 5) is 0. The van der Waals surface area contributed by atoms with E-state index in [0.717, 1.165) is 17.4 Å². The molecule has 0 amide bonds. The van der Waals surface area contributed by atoms with Crippen molar-refractivity contribution in [1.82, 2.24) is 0 Å². The number of thiophene rings is 1. The zero-order chi connectivity index (χ0) is 8.65. The van der Waals surface area contributed by atoms with Crippen molar-refractivity contribution in [2.45, 2.75) is 6.18 Å². The van der Waals surface area contributed by atoms with Crippen LogP contribution in [0, 0.1) is 0 Å². The largest absolute Gasteiger partial charge is 0.419 e. The monoisotopic (exact) mass is 245 g/mol. The maximum absolute atomic E-state index is 12.0. The van der Waals surface area contributed by atoms with Crippen molar-refractivity contribution in [1.29, 1.82) is 0 Å². The van der Waals surface area contributed by atoms with Gasteiger partial charge >= 0.3 is 6.18 Å². The lowest BCUT2D eigenvalue weighted by molar-refractivity contribution is -0.136. The number of rotatable bonds is 0. The lowest BCUT2D eigenvalue weighted by Crippen LogP contribution is -2.05. The molecule has 0 bridgehead atoms. The fourth-order valence-electron chi connectivity index (χ4n) is 0.596. The van der Waals surface area contributed by atoms with E-state index in [1.165, 1.54) is 0 Å². The molecule has 0 spiro atoms. The van der Waals surface area contributed by atoms with E-state index in [-0.39, 0.29) is 5.00 Å². The second-order valence-corrected chi connectivity index (χ2v) is 4.29. The van der Waals surface area contributed by atoms with Gasteiger partial charge in [-0.25, -0.2) is 0 Å². The molecule has 0 fully saturated rings. The number of hydrogen-bond acceptors (Lipinski definition) is 2. The van der Waals surface area contributed by atoms with Crippen molar-refractivity contribution in [2.75, 3.05) is 5.73 Å². The summed E-state index contributed by atoms with van der Waals surface area (Å²) in [5, 5.41) is -0.204. The van der Waals surface area contributed by atoms with E-state index >= 15 is 0 Å². The van der Waals surface area contributed by atoms with Gasteiger partial charge in [-0.15, -0.1) is 11.3 Å². The van der Waals surface area contributed by atoms with Gasteiger partial charge in [0.15, 0.2) is 0 Å². The molecule has 11 heavy (non-hydrogen) atoms. The Morgan fingerprint density at radius 2 is 2.00 bits per heavy atom. The molecule has 0 radical (unpaired) electrons. The van der Waals surface area contributed by atoms with Crippen molar-refractivity contribution in [2.24, 2.45) is 0 Å². The van der Waals surface area contributed by atoms with Gasteiger partial charge in [0, 0.05) is 0 Å². The highest BCUT2D eigenvalue weighted by atomic mass is 79.9. The van der Waals surface area contributed by atoms with Gasteiger partial charge in [-0.1, -0.05) is 0 Å². The summed E-state index contributed by atoms with van der Waals surface area (Å²) in [6, 6.07) is 0.972. The van der Waals surface area contributed by atoms with Gasteiger partial charge in [0.1, 0.15) is 0 Å². The highest BCUT2D eigenvalue weighted by Crippen LogP contribution is 2.40. The number of nitrogens with two attached hydrogens (primary N) is 1. The van der Waals surface area contributed by atoms with Crippen LogP contribution in [0.25, 0.3) is 0 Å². The van der Waals surface area contributed by atoms with Crippen LogP contribution in [0.4, 0.5) is 18.2 Å². The Balaban J connectivity index is 3.13. The van der Waals surface area contributed by atoms with Crippen LogP contribution in [-0.4, -0.2) is 0 Å². The minimum absolute atomic E-state index is 0.204. The molecule has 6 heteroatoms. The summed E-state index contributed by atoms with van der Waals surface area (Å²) in [6.45, 7) is 0. The first-order valence-electron chi connectivity index (χ1n) is 2.53. The molecule has 1 aromatic heterocycles. The summed E-state index contributed by atoms with van der Waals surface area (Å²) < 4.78 is 36.3. The van der Waals surface area contributed by atoms with Crippen LogP contribution in [-0.2, 0) is 6.18 Å². The molecule has 0 aromatic carbocycles. The van der Waals surface area contributed by atoms with E-state index < -0.39 is 11.7 Å². The Bertz CT molecular complexity index is 267. The molecule has 0 saturated heterocycles. The summed E-state index contributed by atoms with van der Waals surface area (Å²) in [5.41, 5.74) is 4.33. The minimum atomic E-state index is -4.34. The Labute approximate surface area is 73.1 Å². The summed E-state index contributed by atoms with van der Waals surface area (Å²) in [5.74, 6) is 0. The van der Waals surface area contributed by atoms with Crippen LogP contribution in [0.5, 0.6) is 0 Å². The normalized spacial score (nSPS) is 12.0. The zero-order valence-corrected chi connectivity index (χ0v) is 7.48. The second kappa shape index (κ2) is 2.67. The summed E-state index contributed by atoms with van der Waals surface area (Å²) in [6.07, 6.45) is -4.34. The third kappa shape index (κ3) is 1.87. The van der Waals surface area contributed by atoms with Crippen LogP contribution in [0.15, 0.2) is 9.85 Å². The van der Waals surface area contributed by atoms with E-state index in [9.17, 15) is 13.2 Å². The van der Waals surface area contributed by atoms with Gasteiger partial charge in [-0.2, -0.15) is 13.2 Å². The number of anilines is 1. The Kier molecular flexibility index (Phi) is 2.15. The standard InChI is InChI=1S/C5H3BrF3NS/c6-3-1-2(4(10)11-3)5(7,8)9/h1H,10H2. The number of halogens is 4. The molecule has 0 atom stereocenters. The van der Waals surface area contributed by atoms with Crippen molar-refractivity contribution in [3.05, 3.63) is 15.4 Å². The lowest BCUT2D eigenvalue weighted by atomic mass is 10.3. The van der Waals surface area contributed by atoms with Crippen LogP contribution in [0.1, 0.15) is 5.56 Å². The highest BCUT2D eigenvalue weighted by molar-refractivity contribution is 9.11. The van der Waals surface area contributed by atoms with E-state index in [2.05, 4.69) is 15.9 Å². The van der Waals surface area contributed by atoms with E-state index in [0.29, 0.717) is 3.79 Å². The smallest absolute Gasteiger partial charge is 0.390 e. The highest BCUT2D eigenvalue weighted by Gasteiger charge is 2.34. The number of hydrogen-bond donors (Lipinski definition) is 1. The lowest BCUT2D eigenvalue weighted by Gasteiger charge is -2.02. The van der Waals surface area contributed by atoms with Crippen LogP contribution < -0.4 is 5.73 Å². The van der Waals surface area contributed by atoms with E-state index in [1.54, 1.807) is 0 Å². The SMILES string of the molecule is Nc1sc(Br)cc1C(F)(F)F. The molecule has 0 saturated carbocycles. The molecule has 0 aliphatic heterocycles. The van der Waals surface area contributed by atoms with Crippen molar-refractivity contribution in [3.8, 4) is 0 Å². The topological polar surface area (TPSA) is 26.0 Å². The summed E-state index contributed by atoms with van der Waals surface area (Å²) in [7, 11) is 0. The third-order valence-corrected chi connectivity index (χ3v) is 2.50. The first-order valence-corrected chi connectivity index (χ1v) is 4.14. The molecule has 0 aliphatic carbocycles. The molecular formula is C5H3BrF3NS.